The lowest BCUT2D eigenvalue weighted by molar-refractivity contribution is -0.141. The van der Waals surface area contributed by atoms with Gasteiger partial charge in [0.15, 0.2) is 11.5 Å². The monoisotopic (exact) mass is 657 g/mol. The first-order chi connectivity index (χ1) is 22.6. The number of nitrogens with one attached hydrogen (secondary N) is 1. The number of methoxy groups -OCH3 is 1. The number of rotatable bonds is 7. The van der Waals surface area contributed by atoms with E-state index in [1.807, 2.05) is 13.0 Å². The van der Waals surface area contributed by atoms with E-state index in [1.54, 1.807) is 36.4 Å². The minimum Gasteiger partial charge on any atom is -0.504 e. The minimum absolute atomic E-state index is 0.138. The van der Waals surface area contributed by atoms with Crippen LogP contribution in [0, 0.1) is 29.5 Å². The van der Waals surface area contributed by atoms with Crippen LogP contribution in [0.2, 0.25) is 5.02 Å². The summed E-state index contributed by atoms with van der Waals surface area (Å²) in [4.78, 5) is 58.4. The molecule has 4 amide bonds. The molecule has 47 heavy (non-hydrogen) atoms. The third-order valence-corrected chi connectivity index (χ3v) is 10.6. The van der Waals surface area contributed by atoms with Crippen molar-refractivity contribution in [1.82, 2.24) is 9.91 Å². The molecule has 2 heterocycles. The standard InChI is InChI=1S/C36H33ClFN3O6/c1-3-16-40-32(43)25-14-13-24-26(30(25)34(40)45)18-27-33(44)41(39-23-11-9-22(38)10-12-23)35(46)36(27,20-5-7-21(37)8-6-20)31(24)19-4-15-29(47-2)28(42)17-19/h4-13,15,17,25-27,30-31,39,42H,3,14,16,18H2,1-2H3/t25-,26+,27-,30-,31-,36+/m0/s1. The van der Waals surface area contributed by atoms with E-state index in [1.165, 1.54) is 42.3 Å². The number of likely N-dealkylation sites (tertiary alicyclic amines) is 1. The molecular formula is C36H33ClFN3O6. The van der Waals surface area contributed by atoms with E-state index < -0.39 is 52.6 Å². The number of fused-ring (bicyclic) bond motifs is 4. The molecule has 6 atom stereocenters. The van der Waals surface area contributed by atoms with Crippen LogP contribution < -0.4 is 10.2 Å². The lowest BCUT2D eigenvalue weighted by Crippen LogP contribution is -2.53. The van der Waals surface area contributed by atoms with E-state index in [0.29, 0.717) is 41.2 Å². The van der Waals surface area contributed by atoms with Gasteiger partial charge >= 0.3 is 0 Å². The number of allylic oxidation sites excluding steroid dienone is 2. The lowest BCUT2D eigenvalue weighted by atomic mass is 9.49. The van der Waals surface area contributed by atoms with E-state index in [0.717, 1.165) is 10.6 Å². The third-order valence-electron chi connectivity index (χ3n) is 10.3. The zero-order valence-electron chi connectivity index (χ0n) is 25.8. The highest BCUT2D eigenvalue weighted by molar-refractivity contribution is 6.30. The number of hydrogen-bond acceptors (Lipinski definition) is 7. The minimum atomic E-state index is -1.53. The zero-order valence-corrected chi connectivity index (χ0v) is 26.5. The second-order valence-corrected chi connectivity index (χ2v) is 13.1. The molecule has 4 aliphatic rings. The molecule has 2 aliphatic heterocycles. The fourth-order valence-electron chi connectivity index (χ4n) is 8.43. The molecule has 2 N–H and O–H groups in total. The van der Waals surface area contributed by atoms with Gasteiger partial charge in [0.2, 0.25) is 11.8 Å². The highest BCUT2D eigenvalue weighted by Gasteiger charge is 2.70. The molecule has 3 fully saturated rings. The fourth-order valence-corrected chi connectivity index (χ4v) is 8.55. The van der Waals surface area contributed by atoms with Crippen LogP contribution in [0.5, 0.6) is 11.5 Å². The van der Waals surface area contributed by atoms with Crippen LogP contribution in [0.25, 0.3) is 0 Å². The number of anilines is 1. The maximum atomic E-state index is 15.1. The zero-order chi connectivity index (χ0) is 33.2. The number of carbonyl (C=O) groups is 4. The Kier molecular flexibility index (Phi) is 7.58. The van der Waals surface area contributed by atoms with Crippen LogP contribution in [-0.2, 0) is 24.6 Å². The molecule has 11 heteroatoms. The SMILES string of the molecule is CCCN1C(=O)[C@H]2[C@H](CC=C3[C@H]2C[C@H]2C(=O)N(Nc4ccc(F)cc4)C(=O)[C@@]2(c2ccc(Cl)cc2)[C@H]3c2ccc(OC)c(O)c2)C1=O. The van der Waals surface area contributed by atoms with Gasteiger partial charge in [-0.2, -0.15) is 5.01 Å². The number of carbonyl (C=O) groups excluding carboxylic acids is 4. The molecule has 3 aromatic carbocycles. The van der Waals surface area contributed by atoms with Gasteiger partial charge in [-0.25, -0.2) is 4.39 Å². The van der Waals surface area contributed by atoms with Crippen LogP contribution in [0.3, 0.4) is 0 Å². The quantitative estimate of drug-likeness (QED) is 0.251. The topological polar surface area (TPSA) is 116 Å². The van der Waals surface area contributed by atoms with Gasteiger partial charge in [0, 0.05) is 17.5 Å². The molecule has 242 valence electrons. The van der Waals surface area contributed by atoms with E-state index in [2.05, 4.69) is 5.43 Å². The number of hydrogen-bond donors (Lipinski definition) is 2. The van der Waals surface area contributed by atoms with Gasteiger partial charge in [0.1, 0.15) is 5.82 Å². The summed E-state index contributed by atoms with van der Waals surface area (Å²) in [6, 6.07) is 17.0. The van der Waals surface area contributed by atoms with Crippen LogP contribution in [-0.4, -0.2) is 52.3 Å². The van der Waals surface area contributed by atoms with Gasteiger partial charge in [-0.1, -0.05) is 48.4 Å². The van der Waals surface area contributed by atoms with Crippen LogP contribution >= 0.6 is 11.6 Å². The molecule has 9 nitrogen and oxygen atoms in total. The van der Waals surface area contributed by atoms with E-state index in [4.69, 9.17) is 16.3 Å². The first-order valence-corrected chi connectivity index (χ1v) is 16.1. The van der Waals surface area contributed by atoms with Crippen molar-refractivity contribution in [2.45, 2.75) is 37.5 Å². The average molecular weight is 658 g/mol. The van der Waals surface area contributed by atoms with E-state index in [9.17, 15) is 23.9 Å². The van der Waals surface area contributed by atoms with Crippen molar-refractivity contribution < 1.29 is 33.4 Å². The largest absolute Gasteiger partial charge is 0.504 e. The highest BCUT2D eigenvalue weighted by atomic mass is 35.5. The normalized spacial score (nSPS) is 28.2. The average Bonchev–Trinajstić information content (AvgIpc) is 3.43. The van der Waals surface area contributed by atoms with E-state index in [-0.39, 0.29) is 29.7 Å². The number of ether oxygens (including phenoxy) is 1. The Morgan fingerprint density at radius 3 is 2.36 bits per heavy atom. The smallest absolute Gasteiger partial charge is 0.260 e. The van der Waals surface area contributed by atoms with Crippen LogP contribution in [0.1, 0.15) is 43.2 Å². The Bertz CT molecular complexity index is 1830. The van der Waals surface area contributed by atoms with Gasteiger partial charge in [0.25, 0.3) is 11.8 Å². The van der Waals surface area contributed by atoms with Crippen molar-refractivity contribution in [3.8, 4) is 11.5 Å². The summed E-state index contributed by atoms with van der Waals surface area (Å²) in [6.45, 7) is 2.22. The number of phenolic OH excluding ortho intramolecular Hbond substituents is 1. The Morgan fingerprint density at radius 1 is 0.979 bits per heavy atom. The van der Waals surface area contributed by atoms with Crippen molar-refractivity contribution in [1.29, 1.82) is 0 Å². The summed E-state index contributed by atoms with van der Waals surface area (Å²) < 4.78 is 19.1. The maximum absolute atomic E-state index is 15.1. The Morgan fingerprint density at radius 2 is 1.70 bits per heavy atom. The first-order valence-electron chi connectivity index (χ1n) is 15.7. The number of phenols is 1. The number of imide groups is 2. The van der Waals surface area contributed by atoms with Gasteiger partial charge in [-0.3, -0.25) is 29.5 Å². The van der Waals surface area contributed by atoms with Gasteiger partial charge < -0.3 is 9.84 Å². The first kappa shape index (κ1) is 30.9. The molecule has 3 aromatic rings. The fraction of sp³-hybridized carbons (Fsp3) is 0.333. The summed E-state index contributed by atoms with van der Waals surface area (Å²) in [5.74, 6) is -5.46. The van der Waals surface area contributed by atoms with Crippen molar-refractivity contribution in [2.75, 3.05) is 19.1 Å². The molecule has 0 unspecified atom stereocenters. The van der Waals surface area contributed by atoms with E-state index >= 15 is 4.79 Å². The lowest BCUT2D eigenvalue weighted by Gasteiger charge is -2.50. The summed E-state index contributed by atoms with van der Waals surface area (Å²) in [7, 11) is 1.43. The third kappa shape index (κ3) is 4.56. The molecule has 0 spiro atoms. The van der Waals surface area contributed by atoms with Gasteiger partial charge in [0.05, 0.1) is 36.0 Å². The van der Waals surface area contributed by atoms with Crippen LogP contribution in [0.15, 0.2) is 78.4 Å². The Hall–Kier alpha value is -4.70. The molecule has 0 aromatic heterocycles. The van der Waals surface area contributed by atoms with Crippen molar-refractivity contribution in [3.63, 3.8) is 0 Å². The molecule has 0 bridgehead atoms. The number of aromatic hydroxyl groups is 1. The second kappa shape index (κ2) is 11.5. The Balaban J connectivity index is 1.46. The molecular weight excluding hydrogens is 625 g/mol. The molecule has 2 aliphatic carbocycles. The van der Waals surface area contributed by atoms with Crippen molar-refractivity contribution in [3.05, 3.63) is 100 Å². The predicted molar refractivity (Wildman–Crippen MR) is 171 cm³/mol. The maximum Gasteiger partial charge on any atom is 0.260 e. The molecule has 1 saturated carbocycles. The van der Waals surface area contributed by atoms with Gasteiger partial charge in [-0.15, -0.1) is 0 Å². The number of benzene rings is 3. The number of amides is 4. The van der Waals surface area contributed by atoms with Gasteiger partial charge in [-0.05, 0) is 84.8 Å². The molecule has 0 radical (unpaired) electrons. The molecule has 2 saturated heterocycles. The predicted octanol–water partition coefficient (Wildman–Crippen LogP) is 5.59. The number of nitrogens with zero attached hydrogens (tertiary/aromatic N) is 2. The van der Waals surface area contributed by atoms with Crippen molar-refractivity contribution in [2.24, 2.45) is 23.7 Å². The van der Waals surface area contributed by atoms with Crippen LogP contribution in [0.4, 0.5) is 10.1 Å². The van der Waals surface area contributed by atoms with Crippen molar-refractivity contribution >= 4 is 40.9 Å². The highest BCUT2D eigenvalue weighted by Crippen LogP contribution is 2.64. The number of hydrazine groups is 1. The number of halogens is 2. The summed E-state index contributed by atoms with van der Waals surface area (Å²) in [6.07, 6.45) is 3.02. The Labute approximate surface area is 275 Å². The summed E-state index contributed by atoms with van der Waals surface area (Å²) in [5, 5.41) is 12.4. The molecule has 7 rings (SSSR count). The summed E-state index contributed by atoms with van der Waals surface area (Å²) in [5.41, 5.74) is 3.58. The summed E-state index contributed by atoms with van der Waals surface area (Å²) >= 11 is 6.32. The second-order valence-electron chi connectivity index (χ2n) is 12.6.